The van der Waals surface area contributed by atoms with Gasteiger partial charge in [0.1, 0.15) is 0 Å². The van der Waals surface area contributed by atoms with Crippen LogP contribution in [0.5, 0.6) is 0 Å². The Kier molecular flexibility index (Phi) is 4.17. The molecule has 3 aliphatic heterocycles. The highest BCUT2D eigenvalue weighted by molar-refractivity contribution is 6.00. The number of hydrogen-bond donors (Lipinski definition) is 0. The quantitative estimate of drug-likeness (QED) is 0.802. The summed E-state index contributed by atoms with van der Waals surface area (Å²) in [6, 6.07) is 3.22. The Bertz CT molecular complexity index is 731. The maximum atomic E-state index is 13.7. The van der Waals surface area contributed by atoms with E-state index in [4.69, 9.17) is 0 Å². The zero-order valence-corrected chi connectivity index (χ0v) is 15.1. The molecule has 4 rings (SSSR count). The molecule has 0 spiro atoms. The van der Waals surface area contributed by atoms with Gasteiger partial charge in [-0.3, -0.25) is 9.69 Å². The van der Waals surface area contributed by atoms with E-state index >= 15 is 0 Å². The van der Waals surface area contributed by atoms with Crippen molar-refractivity contribution in [3.63, 3.8) is 0 Å². The number of halogens is 3. The van der Waals surface area contributed by atoms with E-state index in [1.54, 1.807) is 6.07 Å². The lowest BCUT2D eigenvalue weighted by atomic mass is 10.00. The molecule has 7 heteroatoms. The van der Waals surface area contributed by atoms with Crippen molar-refractivity contribution >= 4 is 11.6 Å². The number of nitrogens with zero attached hydrogens (tertiary/aromatic N) is 3. The molecular formula is C19H24F3N3O. The molecule has 0 N–H and O–H groups in total. The topological polar surface area (TPSA) is 26.8 Å². The first-order chi connectivity index (χ1) is 12.3. The lowest BCUT2D eigenvalue weighted by Crippen LogP contribution is -2.50. The van der Waals surface area contributed by atoms with Crippen molar-refractivity contribution in [1.29, 1.82) is 0 Å². The number of carbonyl (C=O) groups is 1. The van der Waals surface area contributed by atoms with Gasteiger partial charge in [0.05, 0.1) is 5.56 Å². The number of piperazine rings is 1. The normalized spacial score (nSPS) is 23.8. The number of alkyl halides is 3. The number of carbonyl (C=O) groups excluding carboxylic acids is 1. The van der Waals surface area contributed by atoms with Gasteiger partial charge >= 0.3 is 6.18 Å². The molecule has 3 aliphatic rings. The molecule has 0 saturated carbocycles. The summed E-state index contributed by atoms with van der Waals surface area (Å²) in [6.45, 7) is 7.09. The first-order valence-electron chi connectivity index (χ1n) is 9.30. The van der Waals surface area contributed by atoms with Crippen LogP contribution in [0.3, 0.4) is 0 Å². The molecule has 2 saturated heterocycles. The van der Waals surface area contributed by atoms with Crippen LogP contribution in [0.2, 0.25) is 0 Å². The standard InChI is InChI=1S/C19H24F3N3O/c1-12(2)25-11-16-15(18(25)26)8-14(9-17(16)19(20,21)22)24-7-6-23-5-3-4-13(23)10-24/h8-9,12-13H,3-7,10-11H2,1-2H3. The first-order valence-corrected chi connectivity index (χ1v) is 9.30. The molecule has 0 aliphatic carbocycles. The van der Waals surface area contributed by atoms with Crippen LogP contribution in [0.1, 0.15) is 48.2 Å². The van der Waals surface area contributed by atoms with E-state index in [1.807, 2.05) is 18.7 Å². The van der Waals surface area contributed by atoms with Crippen molar-refractivity contribution in [3.05, 3.63) is 28.8 Å². The van der Waals surface area contributed by atoms with Gasteiger partial charge < -0.3 is 9.80 Å². The third-order valence-electron chi connectivity index (χ3n) is 5.94. The predicted molar refractivity (Wildman–Crippen MR) is 93.3 cm³/mol. The maximum Gasteiger partial charge on any atom is 0.416 e. The lowest BCUT2D eigenvalue weighted by Gasteiger charge is -2.39. The van der Waals surface area contributed by atoms with E-state index in [0.29, 0.717) is 18.3 Å². The van der Waals surface area contributed by atoms with Crippen LogP contribution < -0.4 is 4.90 Å². The van der Waals surface area contributed by atoms with E-state index in [1.165, 1.54) is 11.0 Å². The van der Waals surface area contributed by atoms with Crippen molar-refractivity contribution in [3.8, 4) is 0 Å². The molecule has 3 heterocycles. The van der Waals surface area contributed by atoms with Gasteiger partial charge in [-0.1, -0.05) is 0 Å². The number of fused-ring (bicyclic) bond motifs is 2. The molecule has 0 radical (unpaired) electrons. The Balaban J connectivity index is 1.73. The second kappa shape index (κ2) is 6.15. The molecule has 0 bridgehead atoms. The summed E-state index contributed by atoms with van der Waals surface area (Å²) < 4.78 is 41.1. The van der Waals surface area contributed by atoms with E-state index in [0.717, 1.165) is 32.5 Å². The van der Waals surface area contributed by atoms with Crippen LogP contribution in [-0.4, -0.2) is 54.0 Å². The summed E-state index contributed by atoms with van der Waals surface area (Å²) in [5.74, 6) is -0.290. The highest BCUT2D eigenvalue weighted by Crippen LogP contribution is 2.41. The number of amides is 1. The molecule has 1 unspecified atom stereocenters. The first kappa shape index (κ1) is 17.6. The van der Waals surface area contributed by atoms with Gasteiger partial charge in [0.25, 0.3) is 5.91 Å². The Morgan fingerprint density at radius 3 is 2.62 bits per heavy atom. The molecule has 2 fully saturated rings. The van der Waals surface area contributed by atoms with Gasteiger partial charge in [0, 0.05) is 49.5 Å². The number of benzene rings is 1. The fourth-order valence-electron chi connectivity index (χ4n) is 4.49. The Labute approximate surface area is 151 Å². The minimum absolute atomic E-state index is 0.0390. The van der Waals surface area contributed by atoms with Crippen LogP contribution in [0, 0.1) is 0 Å². The number of hydrogen-bond acceptors (Lipinski definition) is 3. The van der Waals surface area contributed by atoms with Crippen molar-refractivity contribution in [2.45, 2.75) is 51.5 Å². The average molecular weight is 367 g/mol. The molecule has 26 heavy (non-hydrogen) atoms. The van der Waals surface area contributed by atoms with Crippen molar-refractivity contribution in [2.24, 2.45) is 0 Å². The van der Waals surface area contributed by atoms with Crippen molar-refractivity contribution < 1.29 is 18.0 Å². The van der Waals surface area contributed by atoms with Gasteiger partial charge in [-0.25, -0.2) is 0 Å². The number of anilines is 1. The monoisotopic (exact) mass is 367 g/mol. The van der Waals surface area contributed by atoms with Crippen LogP contribution >= 0.6 is 0 Å². The fraction of sp³-hybridized carbons (Fsp3) is 0.632. The van der Waals surface area contributed by atoms with E-state index in [-0.39, 0.29) is 29.6 Å². The molecule has 142 valence electrons. The molecule has 4 nitrogen and oxygen atoms in total. The van der Waals surface area contributed by atoms with Gasteiger partial charge in [0.15, 0.2) is 0 Å². The van der Waals surface area contributed by atoms with E-state index in [2.05, 4.69) is 4.90 Å². The van der Waals surface area contributed by atoms with Gasteiger partial charge in [-0.15, -0.1) is 0 Å². The minimum Gasteiger partial charge on any atom is -0.369 e. The van der Waals surface area contributed by atoms with Gasteiger partial charge in [0.2, 0.25) is 0 Å². The Morgan fingerprint density at radius 2 is 1.92 bits per heavy atom. The second-order valence-electron chi connectivity index (χ2n) is 7.82. The molecule has 0 aromatic heterocycles. The summed E-state index contributed by atoms with van der Waals surface area (Å²) in [6.07, 6.45) is -2.21. The largest absolute Gasteiger partial charge is 0.416 e. The predicted octanol–water partition coefficient (Wildman–Crippen LogP) is 3.35. The summed E-state index contributed by atoms with van der Waals surface area (Å²) in [4.78, 5) is 18.6. The van der Waals surface area contributed by atoms with Crippen molar-refractivity contribution in [2.75, 3.05) is 31.1 Å². The summed E-state index contributed by atoms with van der Waals surface area (Å²) in [7, 11) is 0. The lowest BCUT2D eigenvalue weighted by molar-refractivity contribution is -0.138. The fourth-order valence-corrected chi connectivity index (χ4v) is 4.49. The smallest absolute Gasteiger partial charge is 0.369 e. The highest BCUT2D eigenvalue weighted by Gasteiger charge is 2.41. The van der Waals surface area contributed by atoms with Crippen LogP contribution in [0.4, 0.5) is 18.9 Å². The molecule has 1 aromatic rings. The third kappa shape index (κ3) is 2.86. The van der Waals surface area contributed by atoms with Crippen LogP contribution in [0.15, 0.2) is 12.1 Å². The third-order valence-corrected chi connectivity index (χ3v) is 5.94. The zero-order valence-electron chi connectivity index (χ0n) is 15.1. The summed E-state index contributed by atoms with van der Waals surface area (Å²) in [5.41, 5.74) is 0.216. The Hall–Kier alpha value is -1.76. The van der Waals surface area contributed by atoms with E-state index < -0.39 is 11.7 Å². The van der Waals surface area contributed by atoms with Crippen LogP contribution in [-0.2, 0) is 12.7 Å². The van der Waals surface area contributed by atoms with Crippen LogP contribution in [0.25, 0.3) is 0 Å². The number of rotatable bonds is 2. The summed E-state index contributed by atoms with van der Waals surface area (Å²) >= 11 is 0. The second-order valence-corrected chi connectivity index (χ2v) is 7.82. The SMILES string of the molecule is CC(C)N1Cc2c(cc(N3CCN4CCCC4C3)cc2C(F)(F)F)C1=O. The average Bonchev–Trinajstić information content (AvgIpc) is 3.17. The summed E-state index contributed by atoms with van der Waals surface area (Å²) in [5, 5.41) is 0. The highest BCUT2D eigenvalue weighted by atomic mass is 19.4. The Morgan fingerprint density at radius 1 is 1.15 bits per heavy atom. The van der Waals surface area contributed by atoms with E-state index in [9.17, 15) is 18.0 Å². The molecule has 1 amide bonds. The molecule has 1 aromatic carbocycles. The van der Waals surface area contributed by atoms with Crippen molar-refractivity contribution in [1.82, 2.24) is 9.80 Å². The van der Waals surface area contributed by atoms with Gasteiger partial charge in [-0.05, 0) is 50.9 Å². The minimum atomic E-state index is -4.46. The maximum absolute atomic E-state index is 13.7. The zero-order chi connectivity index (χ0) is 18.6. The molecule has 1 atom stereocenters. The van der Waals surface area contributed by atoms with Gasteiger partial charge in [-0.2, -0.15) is 13.2 Å². The molecular weight excluding hydrogens is 343 g/mol.